The van der Waals surface area contributed by atoms with Gasteiger partial charge in [0.1, 0.15) is 0 Å². The third-order valence-electron chi connectivity index (χ3n) is 1.27. The number of carboxylic acid groups (broad SMARTS) is 1. The van der Waals surface area contributed by atoms with E-state index in [1.807, 2.05) is 0 Å². The number of carbonyl (C=O) groups is 2. The van der Waals surface area contributed by atoms with Gasteiger partial charge in [0, 0.05) is 0 Å². The Morgan fingerprint density at radius 2 is 1.68 bits per heavy atom. The maximum absolute atomic E-state index is 10.8. The molecular weight excluding hydrogens is 317 g/mol. The van der Waals surface area contributed by atoms with Crippen molar-refractivity contribution < 1.29 is 135 Å². The van der Waals surface area contributed by atoms with Gasteiger partial charge < -0.3 is 14.5 Å². The summed E-state index contributed by atoms with van der Waals surface area (Å²) in [6, 6.07) is 0. The van der Waals surface area contributed by atoms with Crippen LogP contribution in [0.25, 0.3) is 0 Å². The Kier molecular flexibility index (Phi) is 20.4. The van der Waals surface area contributed by atoms with Crippen LogP contribution in [0.5, 0.6) is 0 Å². The minimum atomic E-state index is -4.92. The Labute approximate surface area is 180 Å². The van der Waals surface area contributed by atoms with Crippen LogP contribution in [0.3, 0.4) is 0 Å². The van der Waals surface area contributed by atoms with Gasteiger partial charge in [0.2, 0.25) is 0 Å². The number of aliphatic hydroxyl groups excluding tert-OH is 1. The number of aliphatic carboxylic acids is 1. The van der Waals surface area contributed by atoms with Crippen molar-refractivity contribution in [1.82, 2.24) is 0 Å². The molecule has 100 valence electrons. The van der Waals surface area contributed by atoms with E-state index in [0.717, 1.165) is 6.92 Å². The topological polar surface area (TPSA) is 147 Å². The number of rotatable bonds is 6. The molecule has 0 heterocycles. The number of hydrogen-bond donors (Lipinski definition) is 3. The Morgan fingerprint density at radius 3 is 1.95 bits per heavy atom. The van der Waals surface area contributed by atoms with Crippen molar-refractivity contribution in [3.05, 3.63) is 0 Å². The van der Waals surface area contributed by atoms with Gasteiger partial charge in [-0.05, 0) is 6.92 Å². The van der Waals surface area contributed by atoms with Gasteiger partial charge in [-0.2, -0.15) is 13.3 Å². The van der Waals surface area contributed by atoms with Crippen molar-refractivity contribution in [2.45, 2.75) is 24.9 Å². The molecule has 0 spiro atoms. The van der Waals surface area contributed by atoms with Crippen LogP contribution in [0.2, 0.25) is 0 Å². The first kappa shape index (κ1) is 28.9. The number of carbonyl (C=O) groups excluding carboxylic acids is 1. The van der Waals surface area contributed by atoms with Crippen molar-refractivity contribution in [1.29, 1.82) is 0 Å². The Balaban J connectivity index is -0.0000000750. The van der Waals surface area contributed by atoms with E-state index < -0.39 is 40.0 Å². The van der Waals surface area contributed by atoms with E-state index in [2.05, 4.69) is 9.78 Å². The molecule has 0 saturated heterocycles. The van der Waals surface area contributed by atoms with E-state index in [-0.39, 0.29) is 93.0 Å². The quantitative estimate of drug-likeness (QED) is 0.142. The first-order valence-corrected chi connectivity index (χ1v) is 5.38. The molecule has 2 unspecified atom stereocenters. The van der Waals surface area contributed by atoms with Crippen molar-refractivity contribution in [3.63, 3.8) is 0 Å². The van der Waals surface area contributed by atoms with Gasteiger partial charge in [0.15, 0.2) is 11.5 Å². The normalized spacial score (nSPS) is 12.8. The summed E-state index contributed by atoms with van der Waals surface area (Å²) in [6.45, 7) is 1.10. The maximum Gasteiger partial charge on any atom is 1.00 e. The van der Waals surface area contributed by atoms with Gasteiger partial charge in [-0.1, -0.05) is 0 Å². The van der Waals surface area contributed by atoms with Crippen molar-refractivity contribution >= 4 is 22.1 Å². The molecule has 9 nitrogen and oxygen atoms in total. The van der Waals surface area contributed by atoms with Crippen LogP contribution in [0, 0.1) is 0 Å². The van der Waals surface area contributed by atoms with Crippen molar-refractivity contribution in [3.8, 4) is 0 Å². The average molecular weight is 330 g/mol. The van der Waals surface area contributed by atoms with E-state index in [1.54, 1.807) is 0 Å². The smallest absolute Gasteiger partial charge is 1.00 e. The van der Waals surface area contributed by atoms with Crippen LogP contribution in [0.1, 0.15) is 17.6 Å². The molecule has 0 aliphatic rings. The average Bonchev–Trinajstić information content (AvgIpc) is 2.08. The number of aliphatic hydroxyl groups is 1. The van der Waals surface area contributed by atoms with Crippen molar-refractivity contribution in [2.24, 2.45) is 0 Å². The van der Waals surface area contributed by atoms with Gasteiger partial charge in [-0.25, -0.2) is 4.79 Å². The summed E-state index contributed by atoms with van der Waals surface area (Å²) in [7, 11) is -4.92. The van der Waals surface area contributed by atoms with Gasteiger partial charge in [0.25, 0.3) is 10.1 Å². The van der Waals surface area contributed by atoms with Crippen LogP contribution in [0.4, 0.5) is 0 Å². The molecule has 0 aromatic carbocycles. The second-order valence-corrected chi connectivity index (χ2v) is 4.30. The predicted octanol–water partition coefficient (Wildman–Crippen LogP) is -10.1. The standard InChI is InChI=1S/C6H10O9S.3Na.3H/c1-3(7)14-15-5(8)2-4(6(9)10)16(11,12)13;;;;;;/h3-4,7H,2H2,1H3,(H,9,10)(H,11,12,13);;;;;;/q;3*+1;3*-1. The summed E-state index contributed by atoms with van der Waals surface area (Å²) in [5.74, 6) is -3.26. The van der Waals surface area contributed by atoms with Gasteiger partial charge in [0.05, 0.1) is 6.42 Å². The number of hydrogen-bond acceptors (Lipinski definition) is 7. The van der Waals surface area contributed by atoms with Crippen LogP contribution in [0.15, 0.2) is 0 Å². The molecular formula is C6H13Na3O9S. The molecule has 3 N–H and O–H groups in total. The third kappa shape index (κ3) is 14.5. The van der Waals surface area contributed by atoms with E-state index in [0.29, 0.717) is 0 Å². The van der Waals surface area contributed by atoms with E-state index >= 15 is 0 Å². The maximum atomic E-state index is 10.8. The molecule has 0 aliphatic heterocycles. The number of carboxylic acids is 1. The monoisotopic (exact) mass is 330 g/mol. The molecule has 13 heteroatoms. The minimum Gasteiger partial charge on any atom is -1.00 e. The summed E-state index contributed by atoms with van der Waals surface area (Å²) < 4.78 is 29.5. The first-order chi connectivity index (χ1) is 7.14. The zero-order valence-electron chi connectivity index (χ0n) is 14.1. The molecule has 0 rings (SSSR count). The molecule has 0 fully saturated rings. The molecule has 2 atom stereocenters. The molecule has 0 radical (unpaired) electrons. The van der Waals surface area contributed by atoms with E-state index in [1.165, 1.54) is 0 Å². The molecule has 0 saturated carbocycles. The summed E-state index contributed by atoms with van der Waals surface area (Å²) >= 11 is 0. The Bertz CT molecular complexity index is 381. The van der Waals surface area contributed by atoms with Crippen LogP contribution < -0.4 is 88.7 Å². The Hall–Kier alpha value is 1.77. The molecule has 0 bridgehead atoms. The Morgan fingerprint density at radius 1 is 1.26 bits per heavy atom. The molecule has 0 aromatic heterocycles. The van der Waals surface area contributed by atoms with Gasteiger partial charge in [-0.15, -0.1) is 0 Å². The molecule has 0 amide bonds. The SMILES string of the molecule is CC(O)OOC(=O)CC(C(=O)O)S(=O)(=O)O.[H-].[H-].[H-].[Na+].[Na+].[Na+]. The summed E-state index contributed by atoms with van der Waals surface area (Å²) in [5.41, 5.74) is 0. The molecule has 19 heavy (non-hydrogen) atoms. The minimum absolute atomic E-state index is 0. The van der Waals surface area contributed by atoms with Gasteiger partial charge in [-0.3, -0.25) is 14.2 Å². The molecule has 0 aliphatic carbocycles. The second kappa shape index (κ2) is 13.4. The fraction of sp³-hybridized carbons (Fsp3) is 0.667. The second-order valence-electron chi connectivity index (χ2n) is 2.70. The predicted molar refractivity (Wildman–Crippen MR) is 49.8 cm³/mol. The molecule has 0 aromatic rings. The summed E-state index contributed by atoms with van der Waals surface area (Å²) in [6.07, 6.45) is -2.58. The third-order valence-corrected chi connectivity index (χ3v) is 2.35. The van der Waals surface area contributed by atoms with E-state index in [9.17, 15) is 18.0 Å². The van der Waals surface area contributed by atoms with E-state index in [4.69, 9.17) is 14.8 Å². The van der Waals surface area contributed by atoms with Gasteiger partial charge >= 0.3 is 101 Å². The van der Waals surface area contributed by atoms with Crippen LogP contribution >= 0.6 is 0 Å². The fourth-order valence-electron chi connectivity index (χ4n) is 0.629. The largest absolute Gasteiger partial charge is 1.00 e. The zero-order valence-corrected chi connectivity index (χ0v) is 17.9. The summed E-state index contributed by atoms with van der Waals surface area (Å²) in [5, 5.41) is 14.6. The zero-order chi connectivity index (χ0) is 12.9. The van der Waals surface area contributed by atoms with Crippen molar-refractivity contribution in [2.75, 3.05) is 0 Å². The van der Waals surface area contributed by atoms with Crippen LogP contribution in [-0.2, 0) is 29.5 Å². The van der Waals surface area contributed by atoms with Crippen LogP contribution in [-0.4, -0.2) is 46.7 Å². The summed E-state index contributed by atoms with van der Waals surface area (Å²) in [4.78, 5) is 29.0. The fourth-order valence-corrected chi connectivity index (χ4v) is 1.23. The first-order valence-electron chi connectivity index (χ1n) is 3.88.